The number of hydrogen-bond acceptors (Lipinski definition) is 3. The van der Waals surface area contributed by atoms with Gasteiger partial charge in [0.2, 0.25) is 0 Å². The number of pyridine rings is 2. The van der Waals surface area contributed by atoms with E-state index in [1.54, 1.807) is 54.6 Å². The van der Waals surface area contributed by atoms with Crippen molar-refractivity contribution in [2.24, 2.45) is 0 Å². The number of nitrogens with zero attached hydrogens (tertiary/aromatic N) is 2. The Labute approximate surface area is 355 Å². The van der Waals surface area contributed by atoms with Gasteiger partial charge in [0.05, 0.1) is 5.58 Å². The van der Waals surface area contributed by atoms with Gasteiger partial charge in [-0.05, 0) is 108 Å². The summed E-state index contributed by atoms with van der Waals surface area (Å²) in [7, 11) is 0. The summed E-state index contributed by atoms with van der Waals surface area (Å²) in [6, 6.07) is 36.3. The summed E-state index contributed by atoms with van der Waals surface area (Å²) in [6.07, 6.45) is 5.62. The van der Waals surface area contributed by atoms with Crippen LogP contribution in [-0.2, 0) is 20.1 Å². The van der Waals surface area contributed by atoms with E-state index in [9.17, 15) is 0 Å². The fourth-order valence-electron chi connectivity index (χ4n) is 6.89. The second-order valence-electron chi connectivity index (χ2n) is 13.1. The van der Waals surface area contributed by atoms with E-state index in [0.29, 0.717) is 68.4 Å². The monoisotopic (exact) mass is 897 g/mol. The van der Waals surface area contributed by atoms with Gasteiger partial charge in [0.25, 0.3) is 0 Å². The van der Waals surface area contributed by atoms with Crippen LogP contribution in [0.2, 0.25) is 0 Å². The minimum Gasteiger partial charge on any atom is -0.501 e. The van der Waals surface area contributed by atoms with Crippen molar-refractivity contribution in [2.45, 2.75) is 65.8 Å². The minimum atomic E-state index is -2.59. The number of aromatic nitrogens is 2. The van der Waals surface area contributed by atoms with Gasteiger partial charge in [0.15, 0.2) is 0 Å². The minimum absolute atomic E-state index is 0. The van der Waals surface area contributed by atoms with E-state index < -0.39 is 40.2 Å². The van der Waals surface area contributed by atoms with Crippen LogP contribution in [0.1, 0.15) is 86.9 Å². The summed E-state index contributed by atoms with van der Waals surface area (Å²) >= 11 is 0. The van der Waals surface area contributed by atoms with E-state index in [2.05, 4.69) is 22.1 Å². The van der Waals surface area contributed by atoms with Crippen LogP contribution in [0.15, 0.2) is 126 Å². The molecule has 8 aromatic rings. The van der Waals surface area contributed by atoms with E-state index >= 15 is 0 Å². The maximum atomic E-state index is 8.93. The maximum absolute atomic E-state index is 8.93. The Bertz CT molecular complexity index is 3170. The Kier molecular flexibility index (Phi) is 6.63. The topological polar surface area (TPSA) is 38.9 Å². The van der Waals surface area contributed by atoms with Gasteiger partial charge in [-0.15, -0.1) is 47.5 Å². The number of aryl methyl sites for hydroxylation is 5. The third kappa shape index (κ3) is 7.60. The molecule has 0 atom stereocenters. The van der Waals surface area contributed by atoms with Crippen LogP contribution in [0.25, 0.3) is 66.7 Å². The second kappa shape index (κ2) is 16.1. The van der Waals surface area contributed by atoms with Gasteiger partial charge >= 0.3 is 0 Å². The number of benzene rings is 5. The number of hydrogen-bond donors (Lipinski definition) is 0. The van der Waals surface area contributed by atoms with E-state index in [-0.39, 0.29) is 59.0 Å². The zero-order chi connectivity index (χ0) is 49.9. The molecule has 0 N–H and O–H groups in total. The van der Waals surface area contributed by atoms with Crippen LogP contribution in [-0.4, -0.2) is 9.97 Å². The van der Waals surface area contributed by atoms with Gasteiger partial charge in [0.1, 0.15) is 5.58 Å². The molecule has 0 aliphatic heterocycles. The predicted molar refractivity (Wildman–Crippen MR) is 220 cm³/mol. The predicted octanol–water partition coefficient (Wildman–Crippen LogP) is 13.5. The van der Waals surface area contributed by atoms with Crippen molar-refractivity contribution in [3.05, 3.63) is 167 Å². The van der Waals surface area contributed by atoms with Crippen molar-refractivity contribution >= 4 is 21.9 Å². The SMILES string of the molecule is [2H]C([2H])([2H])c1ccc(-c2[c-]cc(C([2H])([2H])[2H])c(-c3ccccc3)c2)nc1.[2H]C([2H])([2H])c1ccc2c(c1)oc1c(-c3cc(-c4ccc(C5([2H])CCCC5)cc4C([2H])([2H])[2H])c(C([2H])([2H])[2H])cn3)[c-]ccc12.[Ir]. The molecule has 3 nitrogen and oxygen atoms in total. The largest absolute Gasteiger partial charge is 0.501 e. The molecule has 1 fully saturated rings. The van der Waals surface area contributed by atoms with Crippen LogP contribution < -0.4 is 0 Å². The Hall–Kier alpha value is -5.15. The molecule has 0 spiro atoms. The van der Waals surface area contributed by atoms with Gasteiger partial charge < -0.3 is 14.4 Å². The van der Waals surface area contributed by atoms with Crippen LogP contribution >= 0.6 is 0 Å². The Balaban J connectivity index is 0.000000229. The molecule has 0 amide bonds. The summed E-state index contributed by atoms with van der Waals surface area (Å²) in [5, 5.41) is 1.41. The van der Waals surface area contributed by atoms with E-state index in [1.807, 2.05) is 30.3 Å². The van der Waals surface area contributed by atoms with Gasteiger partial charge in [-0.2, -0.15) is 0 Å². The summed E-state index contributed by atoms with van der Waals surface area (Å²) in [5.41, 5.74) is 5.45. The van der Waals surface area contributed by atoms with Crippen LogP contribution in [0.4, 0.5) is 0 Å². The van der Waals surface area contributed by atoms with Crippen molar-refractivity contribution in [3.8, 4) is 44.8 Å². The smallest absolute Gasteiger partial charge is 0.121 e. The molecule has 0 bridgehead atoms. The van der Waals surface area contributed by atoms with Crippen molar-refractivity contribution in [2.75, 3.05) is 0 Å². The Morgan fingerprint density at radius 3 is 2.26 bits per heavy atom. The van der Waals surface area contributed by atoms with Gasteiger partial charge in [-0.3, -0.25) is 0 Å². The first-order valence-corrected chi connectivity index (χ1v) is 17.3. The molecule has 0 saturated heterocycles. The fourth-order valence-corrected chi connectivity index (χ4v) is 6.89. The van der Waals surface area contributed by atoms with E-state index in [0.717, 1.165) is 18.4 Å². The molecular weight excluding hydrogens is 837 g/mol. The average molecular weight is 897 g/mol. The molecule has 271 valence electrons. The standard InChI is InChI=1S/C31H28NO.C19H16N.Ir/c1-19-11-13-25-26-9-6-10-27(31(26)33-30(25)15-19)29-17-28(21(3)18-32-29)24-14-12-23(16-20(24)2)22-7-4-5-8-22;1-14-8-11-19(20-13-14)17-10-9-15(2)18(12-17)16-6-4-3-5-7-16;/h6,9,11-18,22H,4-5,7-8H2,1-3H3;3-9,11-13H,1-2H3;/q2*-1;/i1D3,2D3,3D3,22D;1D3,2D3;. The van der Waals surface area contributed by atoms with Gasteiger partial charge in [-0.1, -0.05) is 115 Å². The molecule has 5 aromatic carbocycles. The molecule has 1 radical (unpaired) electrons. The van der Waals surface area contributed by atoms with Crippen molar-refractivity contribution in [3.63, 3.8) is 0 Å². The first-order valence-electron chi connectivity index (χ1n) is 25.3. The average Bonchev–Trinajstić information content (AvgIpc) is 3.91. The molecule has 54 heavy (non-hydrogen) atoms. The zero-order valence-corrected chi connectivity index (χ0v) is 31.4. The summed E-state index contributed by atoms with van der Waals surface area (Å²) in [5.74, 6) is -0.875. The molecule has 1 aliphatic rings. The van der Waals surface area contributed by atoms with Gasteiger partial charge in [0, 0.05) is 59.8 Å². The normalized spacial score (nSPS) is 18.9. The van der Waals surface area contributed by atoms with Crippen LogP contribution in [0.3, 0.4) is 0 Å². The van der Waals surface area contributed by atoms with Gasteiger partial charge in [-0.25, -0.2) is 0 Å². The van der Waals surface area contributed by atoms with E-state index in [4.69, 9.17) is 26.3 Å². The molecule has 0 unspecified atom stereocenters. The molecule has 9 rings (SSSR count). The summed E-state index contributed by atoms with van der Waals surface area (Å²) in [6.45, 7) is -11.9. The summed E-state index contributed by atoms with van der Waals surface area (Å²) < 4.78 is 133. The number of rotatable bonds is 5. The van der Waals surface area contributed by atoms with Crippen LogP contribution in [0.5, 0.6) is 0 Å². The molecule has 4 heteroatoms. The molecule has 3 heterocycles. The molecule has 1 aliphatic carbocycles. The Morgan fingerprint density at radius 2 is 1.48 bits per heavy atom. The van der Waals surface area contributed by atoms with Crippen LogP contribution in [0, 0.1) is 46.4 Å². The summed E-state index contributed by atoms with van der Waals surface area (Å²) in [4.78, 5) is 8.66. The molecule has 1 saturated carbocycles. The second-order valence-corrected chi connectivity index (χ2v) is 13.1. The zero-order valence-electron chi connectivity index (χ0n) is 45.0. The maximum Gasteiger partial charge on any atom is 0.121 e. The first kappa shape index (κ1) is 22.3. The Morgan fingerprint density at radius 1 is 0.667 bits per heavy atom. The fraction of sp³-hybridized carbons (Fsp3) is 0.200. The van der Waals surface area contributed by atoms with Crippen molar-refractivity contribution in [1.82, 2.24) is 9.97 Å². The number of fused-ring (bicyclic) bond motifs is 3. The number of furan rings is 1. The quantitative estimate of drug-likeness (QED) is 0.162. The van der Waals surface area contributed by atoms with Crippen molar-refractivity contribution in [1.29, 1.82) is 0 Å². The molecular formula is C50H44IrN2O-2. The van der Waals surface area contributed by atoms with Crippen molar-refractivity contribution < 1.29 is 46.5 Å². The third-order valence-corrected chi connectivity index (χ3v) is 9.59. The molecule has 3 aromatic heterocycles. The first-order chi connectivity index (χ1) is 32.2. The van der Waals surface area contributed by atoms with E-state index in [1.165, 1.54) is 36.7 Å². The third-order valence-electron chi connectivity index (χ3n) is 9.59.